The fraction of sp³-hybridized carbons (Fsp3) is 0.167. The molecular weight excluding hydrogens is 208 g/mol. The van der Waals surface area contributed by atoms with E-state index < -0.39 is 11.9 Å². The van der Waals surface area contributed by atoms with E-state index in [0.29, 0.717) is 17.7 Å². The molecule has 0 radical (unpaired) electrons. The molecule has 0 aromatic heterocycles. The number of carbonyl (C=O) groups is 2. The largest absolute Gasteiger partial charge is 0.472 e. The Bertz CT molecular complexity index is 448. The normalized spacial score (nSPS) is 8.81. The lowest BCUT2D eigenvalue weighted by Gasteiger charge is -2.00. The molecule has 0 fully saturated rings. The van der Waals surface area contributed by atoms with E-state index in [9.17, 15) is 9.59 Å². The zero-order chi connectivity index (χ0) is 12.0. The maximum absolute atomic E-state index is 11.3. The average molecular weight is 218 g/mol. The molecular formula is C12H10O4. The van der Waals surface area contributed by atoms with E-state index in [0.717, 1.165) is 0 Å². The molecule has 0 aliphatic carbocycles. The molecule has 1 aromatic carbocycles. The summed E-state index contributed by atoms with van der Waals surface area (Å²) in [5.41, 5.74) is 0.957. The van der Waals surface area contributed by atoms with E-state index in [1.165, 1.54) is 0 Å². The topological polar surface area (TPSA) is 63.6 Å². The van der Waals surface area contributed by atoms with Gasteiger partial charge in [0.1, 0.15) is 0 Å². The zero-order valence-corrected chi connectivity index (χ0v) is 8.69. The van der Waals surface area contributed by atoms with Crippen molar-refractivity contribution in [3.63, 3.8) is 0 Å². The van der Waals surface area contributed by atoms with Gasteiger partial charge in [-0.2, -0.15) is 0 Å². The molecule has 1 aromatic rings. The number of esters is 1. The maximum atomic E-state index is 11.3. The van der Waals surface area contributed by atoms with Gasteiger partial charge in [-0.05, 0) is 31.2 Å². The number of carboxylic acid groups (broad SMARTS) is 1. The first-order valence-corrected chi connectivity index (χ1v) is 4.65. The Balaban J connectivity index is 2.80. The predicted octanol–water partition coefficient (Wildman–Crippen LogP) is 1.30. The first-order valence-electron chi connectivity index (χ1n) is 4.65. The fourth-order valence-corrected chi connectivity index (χ4v) is 1.03. The van der Waals surface area contributed by atoms with E-state index in [1.54, 1.807) is 31.2 Å². The van der Waals surface area contributed by atoms with Crippen molar-refractivity contribution in [1.82, 2.24) is 0 Å². The van der Waals surface area contributed by atoms with E-state index >= 15 is 0 Å². The molecule has 0 amide bonds. The van der Waals surface area contributed by atoms with Crippen LogP contribution < -0.4 is 0 Å². The summed E-state index contributed by atoms with van der Waals surface area (Å²) >= 11 is 0. The smallest absolute Gasteiger partial charge is 0.382 e. The van der Waals surface area contributed by atoms with E-state index in [2.05, 4.69) is 5.92 Å². The van der Waals surface area contributed by atoms with Crippen molar-refractivity contribution < 1.29 is 19.4 Å². The monoisotopic (exact) mass is 218 g/mol. The summed E-state index contributed by atoms with van der Waals surface area (Å²) in [5.74, 6) is 2.84. The Kier molecular flexibility index (Phi) is 4.10. The van der Waals surface area contributed by atoms with Crippen LogP contribution in [-0.4, -0.2) is 23.7 Å². The lowest BCUT2D eigenvalue weighted by atomic mass is 10.1. The standard InChI is InChI=1S/C12H10O4/c1-2-16-12(15)10-6-3-9(4-7-10)5-8-11(13)14/h3-4,6-7H,2H2,1H3,(H,13,14). The van der Waals surface area contributed by atoms with Gasteiger partial charge in [-0.25, -0.2) is 9.59 Å². The molecule has 0 aliphatic rings. The minimum absolute atomic E-state index is 0.319. The van der Waals surface area contributed by atoms with E-state index in [1.807, 2.05) is 5.92 Å². The summed E-state index contributed by atoms with van der Waals surface area (Å²) in [6.45, 7) is 2.05. The summed E-state index contributed by atoms with van der Waals surface area (Å²) in [7, 11) is 0. The highest BCUT2D eigenvalue weighted by Crippen LogP contribution is 2.04. The van der Waals surface area contributed by atoms with Crippen molar-refractivity contribution in [3.8, 4) is 11.8 Å². The van der Waals surface area contributed by atoms with Crippen molar-refractivity contribution in [3.05, 3.63) is 35.4 Å². The molecule has 1 N–H and O–H groups in total. The third-order valence-corrected chi connectivity index (χ3v) is 1.71. The molecule has 0 unspecified atom stereocenters. The molecule has 4 heteroatoms. The Morgan fingerprint density at radius 2 is 1.94 bits per heavy atom. The number of benzene rings is 1. The van der Waals surface area contributed by atoms with Gasteiger partial charge < -0.3 is 9.84 Å². The fourth-order valence-electron chi connectivity index (χ4n) is 1.03. The Labute approximate surface area is 92.9 Å². The number of hydrogen-bond donors (Lipinski definition) is 1. The molecule has 16 heavy (non-hydrogen) atoms. The Hall–Kier alpha value is -2.28. The summed E-state index contributed by atoms with van der Waals surface area (Å²) in [5, 5.41) is 8.34. The molecule has 0 aliphatic heterocycles. The second-order valence-electron chi connectivity index (χ2n) is 2.85. The zero-order valence-electron chi connectivity index (χ0n) is 8.69. The number of ether oxygens (including phenoxy) is 1. The van der Waals surface area contributed by atoms with Crippen molar-refractivity contribution in [2.24, 2.45) is 0 Å². The maximum Gasteiger partial charge on any atom is 0.382 e. The summed E-state index contributed by atoms with van der Waals surface area (Å²) in [4.78, 5) is 21.5. The molecule has 4 nitrogen and oxygen atoms in total. The third kappa shape index (κ3) is 3.46. The van der Waals surface area contributed by atoms with Crippen LogP contribution in [0.25, 0.3) is 0 Å². The second kappa shape index (κ2) is 5.56. The molecule has 0 saturated carbocycles. The van der Waals surface area contributed by atoms with Gasteiger partial charge >= 0.3 is 11.9 Å². The highest BCUT2D eigenvalue weighted by molar-refractivity contribution is 5.90. The van der Waals surface area contributed by atoms with Crippen LogP contribution in [0.15, 0.2) is 24.3 Å². The van der Waals surface area contributed by atoms with Crippen molar-refractivity contribution in [2.75, 3.05) is 6.61 Å². The van der Waals surface area contributed by atoms with E-state index in [-0.39, 0.29) is 0 Å². The highest BCUT2D eigenvalue weighted by Gasteiger charge is 2.04. The van der Waals surface area contributed by atoms with Gasteiger partial charge in [-0.15, -0.1) is 0 Å². The molecule has 0 bridgehead atoms. The minimum atomic E-state index is -1.19. The van der Waals surface area contributed by atoms with Gasteiger partial charge in [0.25, 0.3) is 0 Å². The van der Waals surface area contributed by atoms with Gasteiger partial charge in [0.05, 0.1) is 12.2 Å². The molecule has 82 valence electrons. The quantitative estimate of drug-likeness (QED) is 0.600. The number of carbonyl (C=O) groups excluding carboxylic acids is 1. The minimum Gasteiger partial charge on any atom is -0.472 e. The van der Waals surface area contributed by atoms with Gasteiger partial charge in [0, 0.05) is 11.5 Å². The lowest BCUT2D eigenvalue weighted by Crippen LogP contribution is -2.04. The molecule has 0 heterocycles. The van der Waals surface area contributed by atoms with Crippen LogP contribution in [0.5, 0.6) is 0 Å². The second-order valence-corrected chi connectivity index (χ2v) is 2.85. The predicted molar refractivity (Wildman–Crippen MR) is 56.9 cm³/mol. The SMILES string of the molecule is CCOC(=O)c1ccc(C#CC(=O)O)cc1. The molecule has 0 spiro atoms. The number of carboxylic acids is 1. The number of hydrogen-bond acceptors (Lipinski definition) is 3. The van der Waals surface area contributed by atoms with E-state index in [4.69, 9.17) is 9.84 Å². The van der Waals surface area contributed by atoms with Gasteiger partial charge in [-0.1, -0.05) is 5.92 Å². The highest BCUT2D eigenvalue weighted by atomic mass is 16.5. The van der Waals surface area contributed by atoms with Crippen molar-refractivity contribution >= 4 is 11.9 Å². The van der Waals surface area contributed by atoms with Crippen LogP contribution in [0.4, 0.5) is 0 Å². The molecule has 1 rings (SSSR count). The van der Waals surface area contributed by atoms with Crippen LogP contribution in [0, 0.1) is 11.8 Å². The van der Waals surface area contributed by atoms with Crippen molar-refractivity contribution in [1.29, 1.82) is 0 Å². The van der Waals surface area contributed by atoms with Gasteiger partial charge in [0.15, 0.2) is 0 Å². The van der Waals surface area contributed by atoms with Crippen LogP contribution in [0.3, 0.4) is 0 Å². The Morgan fingerprint density at radius 3 is 2.44 bits per heavy atom. The van der Waals surface area contributed by atoms with Crippen LogP contribution >= 0.6 is 0 Å². The first-order chi connectivity index (χ1) is 7.63. The summed E-state index contributed by atoms with van der Waals surface area (Å²) in [6.07, 6.45) is 0. The molecule has 0 atom stereocenters. The van der Waals surface area contributed by atoms with Crippen LogP contribution in [0.1, 0.15) is 22.8 Å². The number of rotatable bonds is 2. The Morgan fingerprint density at radius 1 is 1.31 bits per heavy atom. The summed E-state index contributed by atoms with van der Waals surface area (Å²) < 4.78 is 4.80. The van der Waals surface area contributed by atoms with Crippen LogP contribution in [-0.2, 0) is 9.53 Å². The first kappa shape index (κ1) is 11.8. The summed E-state index contributed by atoms with van der Waals surface area (Å²) in [6, 6.07) is 6.23. The third-order valence-electron chi connectivity index (χ3n) is 1.71. The van der Waals surface area contributed by atoms with Gasteiger partial charge in [0.2, 0.25) is 0 Å². The average Bonchev–Trinajstić information content (AvgIpc) is 2.27. The van der Waals surface area contributed by atoms with Crippen molar-refractivity contribution in [2.45, 2.75) is 6.92 Å². The lowest BCUT2D eigenvalue weighted by molar-refractivity contribution is -0.130. The van der Waals surface area contributed by atoms with Gasteiger partial charge in [-0.3, -0.25) is 0 Å². The molecule has 0 saturated heterocycles. The van der Waals surface area contributed by atoms with Crippen LogP contribution in [0.2, 0.25) is 0 Å². The number of aliphatic carboxylic acids is 1.